The van der Waals surface area contributed by atoms with E-state index in [1.165, 1.54) is 7.11 Å². The normalized spacial score (nSPS) is 21.6. The minimum absolute atomic E-state index is 0.00504. The van der Waals surface area contributed by atoms with Gasteiger partial charge in [-0.05, 0) is 29.9 Å². The third-order valence-electron chi connectivity index (χ3n) is 2.52. The fourth-order valence-electron chi connectivity index (χ4n) is 1.90. The molecule has 2 rings (SSSR count). The number of hydrogen-bond acceptors (Lipinski definition) is 4. The first-order chi connectivity index (χ1) is 7.72. The fourth-order valence-corrected chi connectivity index (χ4v) is 2.87. The number of nitrogens with one attached hydrogen (secondary N) is 1. The molecule has 1 atom stereocenters. The molecule has 0 aromatic carbocycles. The Morgan fingerprint density at radius 2 is 2.56 bits per heavy atom. The summed E-state index contributed by atoms with van der Waals surface area (Å²) in [6, 6.07) is 1.49. The Morgan fingerprint density at radius 3 is 3.25 bits per heavy atom. The van der Waals surface area contributed by atoms with Crippen LogP contribution in [0.2, 0.25) is 0 Å². The molecule has 0 fully saturated rings. The molecule has 5 nitrogen and oxygen atoms in total. The van der Waals surface area contributed by atoms with E-state index in [1.807, 2.05) is 11.4 Å². The van der Waals surface area contributed by atoms with Gasteiger partial charge in [-0.1, -0.05) is 5.16 Å². The van der Waals surface area contributed by atoms with Crippen molar-refractivity contribution in [3.8, 4) is 0 Å². The number of amides is 2. The number of thiophene rings is 1. The third-order valence-corrected chi connectivity index (χ3v) is 3.50. The van der Waals surface area contributed by atoms with E-state index >= 15 is 0 Å². The molecule has 0 aliphatic heterocycles. The number of fused-ring (bicyclic) bond motifs is 1. The van der Waals surface area contributed by atoms with Gasteiger partial charge < -0.3 is 15.9 Å². The second-order valence-corrected chi connectivity index (χ2v) is 4.44. The van der Waals surface area contributed by atoms with E-state index in [-0.39, 0.29) is 6.04 Å². The van der Waals surface area contributed by atoms with E-state index in [4.69, 9.17) is 10.6 Å². The van der Waals surface area contributed by atoms with Crippen molar-refractivity contribution >= 4 is 23.1 Å². The van der Waals surface area contributed by atoms with Crippen LogP contribution in [0, 0.1) is 0 Å². The fraction of sp³-hybridized carbons (Fsp3) is 0.400. The van der Waals surface area contributed by atoms with Crippen LogP contribution >= 0.6 is 11.3 Å². The van der Waals surface area contributed by atoms with Crippen molar-refractivity contribution < 1.29 is 9.63 Å². The first-order valence-corrected chi connectivity index (χ1v) is 5.84. The zero-order chi connectivity index (χ0) is 11.5. The molecule has 0 saturated carbocycles. The van der Waals surface area contributed by atoms with Gasteiger partial charge in [0.2, 0.25) is 0 Å². The van der Waals surface area contributed by atoms with Gasteiger partial charge in [0.05, 0.1) is 16.6 Å². The van der Waals surface area contributed by atoms with E-state index in [0.29, 0.717) is 0 Å². The summed E-state index contributed by atoms with van der Waals surface area (Å²) in [4.78, 5) is 16.7. The Labute approximate surface area is 97.3 Å². The molecule has 0 spiro atoms. The number of carbonyl (C=O) groups excluding carboxylic acids is 1. The number of urea groups is 1. The summed E-state index contributed by atoms with van der Waals surface area (Å²) in [5.74, 6) is 0. The minimum Gasteiger partial charge on any atom is -0.399 e. The zero-order valence-corrected chi connectivity index (χ0v) is 9.71. The molecule has 16 heavy (non-hydrogen) atoms. The van der Waals surface area contributed by atoms with Crippen LogP contribution < -0.4 is 11.1 Å². The van der Waals surface area contributed by atoms with E-state index in [1.54, 1.807) is 11.3 Å². The molecule has 1 aromatic heterocycles. The highest BCUT2D eigenvalue weighted by molar-refractivity contribution is 7.12. The number of nitrogens with two attached hydrogens (primary N) is 1. The molecule has 3 N–H and O–H groups in total. The molecule has 2 amide bonds. The van der Waals surface area contributed by atoms with E-state index in [2.05, 4.69) is 10.5 Å². The smallest absolute Gasteiger partial charge is 0.312 e. The molecule has 1 aromatic rings. The maximum absolute atomic E-state index is 10.9. The highest BCUT2D eigenvalue weighted by Crippen LogP contribution is 2.33. The maximum Gasteiger partial charge on any atom is 0.312 e. The van der Waals surface area contributed by atoms with Crippen molar-refractivity contribution in [3.05, 3.63) is 21.9 Å². The number of rotatable bonds is 2. The molecule has 0 radical (unpaired) electrons. The van der Waals surface area contributed by atoms with Crippen LogP contribution in [-0.2, 0) is 4.84 Å². The van der Waals surface area contributed by atoms with Gasteiger partial charge in [-0.25, -0.2) is 4.79 Å². The lowest BCUT2D eigenvalue weighted by atomic mass is 9.93. The maximum atomic E-state index is 10.9. The van der Waals surface area contributed by atoms with Crippen LogP contribution in [0.3, 0.4) is 0 Å². The summed E-state index contributed by atoms with van der Waals surface area (Å²) >= 11 is 1.60. The number of nitrogens with zero attached hydrogens (tertiary/aromatic N) is 1. The van der Waals surface area contributed by atoms with E-state index in [9.17, 15) is 4.79 Å². The number of primary amides is 1. The van der Waals surface area contributed by atoms with Crippen molar-refractivity contribution in [3.63, 3.8) is 0 Å². The van der Waals surface area contributed by atoms with Gasteiger partial charge in [0, 0.05) is 0 Å². The molecule has 1 unspecified atom stereocenters. The van der Waals surface area contributed by atoms with Gasteiger partial charge in [0.25, 0.3) is 0 Å². The summed E-state index contributed by atoms with van der Waals surface area (Å²) in [5, 5.41) is 8.71. The second kappa shape index (κ2) is 4.52. The zero-order valence-electron chi connectivity index (χ0n) is 8.90. The van der Waals surface area contributed by atoms with Gasteiger partial charge in [-0.15, -0.1) is 11.3 Å². The molecule has 1 heterocycles. The topological polar surface area (TPSA) is 76.7 Å². The summed E-state index contributed by atoms with van der Waals surface area (Å²) in [6.45, 7) is 0. The second-order valence-electron chi connectivity index (χ2n) is 3.53. The monoisotopic (exact) mass is 239 g/mol. The minimum atomic E-state index is -0.491. The standard InChI is InChI=1S/C10H13N3O2S/c1-15-13-8-3-2-7(12-10(11)14)6-4-5-16-9(6)8/h4-5,7H,2-3H2,1H3,(H3,11,12,14). The van der Waals surface area contributed by atoms with E-state index < -0.39 is 6.03 Å². The van der Waals surface area contributed by atoms with Gasteiger partial charge >= 0.3 is 6.03 Å². The highest BCUT2D eigenvalue weighted by Gasteiger charge is 2.26. The molecule has 1 aliphatic carbocycles. The highest BCUT2D eigenvalue weighted by atomic mass is 32.1. The van der Waals surface area contributed by atoms with Gasteiger partial charge in [-0.3, -0.25) is 0 Å². The molecular weight excluding hydrogens is 226 g/mol. The molecular formula is C10H13N3O2S. The number of carbonyl (C=O) groups is 1. The summed E-state index contributed by atoms with van der Waals surface area (Å²) in [7, 11) is 1.54. The van der Waals surface area contributed by atoms with Crippen molar-refractivity contribution in [2.75, 3.05) is 7.11 Å². The lowest BCUT2D eigenvalue weighted by molar-refractivity contribution is 0.212. The summed E-state index contributed by atoms with van der Waals surface area (Å²) < 4.78 is 0. The van der Waals surface area contributed by atoms with Crippen molar-refractivity contribution in [1.29, 1.82) is 0 Å². The molecule has 1 aliphatic rings. The number of hydrogen-bond donors (Lipinski definition) is 2. The first-order valence-electron chi connectivity index (χ1n) is 4.96. The Balaban J connectivity index is 2.29. The predicted octanol–water partition coefficient (Wildman–Crippen LogP) is 1.60. The number of oxime groups is 1. The molecule has 6 heteroatoms. The Kier molecular flexibility index (Phi) is 3.09. The lowest BCUT2D eigenvalue weighted by Crippen LogP contribution is -2.35. The Morgan fingerprint density at radius 1 is 1.75 bits per heavy atom. The average Bonchev–Trinajstić information content (AvgIpc) is 2.70. The van der Waals surface area contributed by atoms with Crippen molar-refractivity contribution in [1.82, 2.24) is 5.32 Å². The average molecular weight is 239 g/mol. The van der Waals surface area contributed by atoms with Gasteiger partial charge in [-0.2, -0.15) is 0 Å². The summed E-state index contributed by atoms with van der Waals surface area (Å²) in [6.07, 6.45) is 1.58. The lowest BCUT2D eigenvalue weighted by Gasteiger charge is -2.23. The molecule has 0 saturated heterocycles. The van der Waals surface area contributed by atoms with Crippen LogP contribution in [0.15, 0.2) is 16.6 Å². The molecule has 0 bridgehead atoms. The van der Waals surface area contributed by atoms with Crippen LogP contribution in [0.25, 0.3) is 0 Å². The first kappa shape index (κ1) is 10.9. The largest absolute Gasteiger partial charge is 0.399 e. The van der Waals surface area contributed by atoms with Gasteiger partial charge in [0.15, 0.2) is 0 Å². The van der Waals surface area contributed by atoms with Crippen LogP contribution in [0.5, 0.6) is 0 Å². The Bertz CT molecular complexity index is 427. The SMILES string of the molecule is CON=C1CCC(NC(N)=O)c2ccsc21. The van der Waals surface area contributed by atoms with Crippen LogP contribution in [-0.4, -0.2) is 18.9 Å². The van der Waals surface area contributed by atoms with Crippen molar-refractivity contribution in [2.45, 2.75) is 18.9 Å². The van der Waals surface area contributed by atoms with Crippen LogP contribution in [0.4, 0.5) is 4.79 Å². The molecule has 86 valence electrons. The predicted molar refractivity (Wildman–Crippen MR) is 62.6 cm³/mol. The third kappa shape index (κ3) is 2.01. The van der Waals surface area contributed by atoms with E-state index in [0.717, 1.165) is 29.0 Å². The van der Waals surface area contributed by atoms with Crippen LogP contribution in [0.1, 0.15) is 29.3 Å². The summed E-state index contributed by atoms with van der Waals surface area (Å²) in [5.41, 5.74) is 7.16. The van der Waals surface area contributed by atoms with Gasteiger partial charge in [0.1, 0.15) is 7.11 Å². The van der Waals surface area contributed by atoms with Crippen molar-refractivity contribution in [2.24, 2.45) is 10.9 Å². The quantitative estimate of drug-likeness (QED) is 0.769. The Hall–Kier alpha value is -1.56.